The van der Waals surface area contributed by atoms with Gasteiger partial charge in [0.15, 0.2) is 5.78 Å². The molecule has 1 aromatic rings. The summed E-state index contributed by atoms with van der Waals surface area (Å²) in [5, 5.41) is 2.65. The molecule has 0 radical (unpaired) electrons. The first kappa shape index (κ1) is 14.4. The van der Waals surface area contributed by atoms with Crippen LogP contribution in [0.3, 0.4) is 0 Å². The summed E-state index contributed by atoms with van der Waals surface area (Å²) in [6, 6.07) is 3.07. The van der Waals surface area contributed by atoms with Crippen molar-refractivity contribution >= 4 is 11.7 Å². The molecule has 1 rings (SSSR count). The Morgan fingerprint density at radius 2 is 2.17 bits per heavy atom. The predicted octanol–water partition coefficient (Wildman–Crippen LogP) is 1.53. The Hall–Kier alpha value is -1.62. The summed E-state index contributed by atoms with van der Waals surface area (Å²) in [4.78, 5) is 22.9. The third kappa shape index (κ3) is 4.71. The predicted molar refractivity (Wildman–Crippen MR) is 65.8 cm³/mol. The molecule has 0 aromatic carbocycles. The van der Waals surface area contributed by atoms with Crippen LogP contribution in [0.15, 0.2) is 22.8 Å². The van der Waals surface area contributed by atoms with Gasteiger partial charge in [0.2, 0.25) is 5.91 Å². The van der Waals surface area contributed by atoms with E-state index in [-0.39, 0.29) is 30.8 Å². The molecule has 1 aromatic heterocycles. The summed E-state index contributed by atoms with van der Waals surface area (Å²) < 4.78 is 10.2. The standard InChI is InChI=1S/C13H19NO4/c1-9(2)13(10(3)15)14-12(16)8-17-7-11-5-4-6-18-11/h4-6,9,13H,7-8H2,1-3H3,(H,14,16). The van der Waals surface area contributed by atoms with Gasteiger partial charge in [0.25, 0.3) is 0 Å². The Labute approximate surface area is 106 Å². The zero-order chi connectivity index (χ0) is 13.5. The lowest BCUT2D eigenvalue weighted by Crippen LogP contribution is -2.44. The highest BCUT2D eigenvalue weighted by molar-refractivity contribution is 5.88. The average Bonchev–Trinajstić information content (AvgIpc) is 2.78. The first-order valence-electron chi connectivity index (χ1n) is 5.90. The highest BCUT2D eigenvalue weighted by Gasteiger charge is 2.20. The Kier molecular flexibility index (Phi) is 5.58. The van der Waals surface area contributed by atoms with Gasteiger partial charge in [0.1, 0.15) is 19.0 Å². The van der Waals surface area contributed by atoms with Crippen LogP contribution in [0.25, 0.3) is 0 Å². The van der Waals surface area contributed by atoms with Crippen LogP contribution < -0.4 is 5.32 Å². The van der Waals surface area contributed by atoms with Gasteiger partial charge >= 0.3 is 0 Å². The van der Waals surface area contributed by atoms with Crippen molar-refractivity contribution in [2.45, 2.75) is 33.4 Å². The summed E-state index contributed by atoms with van der Waals surface area (Å²) in [7, 11) is 0. The molecule has 0 fully saturated rings. The highest BCUT2D eigenvalue weighted by atomic mass is 16.5. The van der Waals surface area contributed by atoms with Crippen LogP contribution >= 0.6 is 0 Å². The molecular weight excluding hydrogens is 234 g/mol. The molecule has 0 saturated heterocycles. The molecular formula is C13H19NO4. The summed E-state index contributed by atoms with van der Waals surface area (Å²) in [6.07, 6.45) is 1.54. The maximum Gasteiger partial charge on any atom is 0.246 e. The Morgan fingerprint density at radius 1 is 1.44 bits per heavy atom. The molecule has 0 saturated carbocycles. The van der Waals surface area contributed by atoms with Gasteiger partial charge in [-0.2, -0.15) is 0 Å². The maximum atomic E-state index is 11.6. The van der Waals surface area contributed by atoms with Gasteiger partial charge in [-0.3, -0.25) is 9.59 Å². The average molecular weight is 253 g/mol. The van der Waals surface area contributed by atoms with E-state index in [1.54, 1.807) is 18.4 Å². The fraction of sp³-hybridized carbons (Fsp3) is 0.538. The minimum atomic E-state index is -0.454. The van der Waals surface area contributed by atoms with E-state index in [1.165, 1.54) is 6.92 Å². The molecule has 5 nitrogen and oxygen atoms in total. The maximum absolute atomic E-state index is 11.6. The summed E-state index contributed by atoms with van der Waals surface area (Å²) in [5.41, 5.74) is 0. The van der Waals surface area contributed by atoms with Gasteiger partial charge in [-0.05, 0) is 25.0 Å². The van der Waals surface area contributed by atoms with E-state index in [9.17, 15) is 9.59 Å². The monoisotopic (exact) mass is 253 g/mol. The van der Waals surface area contributed by atoms with Crippen molar-refractivity contribution in [2.24, 2.45) is 5.92 Å². The van der Waals surface area contributed by atoms with Crippen molar-refractivity contribution in [3.05, 3.63) is 24.2 Å². The SMILES string of the molecule is CC(=O)C(NC(=O)COCc1ccco1)C(C)C. The number of furan rings is 1. The molecule has 1 N–H and O–H groups in total. The van der Waals surface area contributed by atoms with Crippen molar-refractivity contribution in [1.29, 1.82) is 0 Å². The van der Waals surface area contributed by atoms with Gasteiger partial charge < -0.3 is 14.5 Å². The molecule has 100 valence electrons. The van der Waals surface area contributed by atoms with Gasteiger partial charge in [-0.15, -0.1) is 0 Å². The Bertz CT molecular complexity index is 384. The highest BCUT2D eigenvalue weighted by Crippen LogP contribution is 2.04. The topological polar surface area (TPSA) is 68.5 Å². The first-order chi connectivity index (χ1) is 8.50. The number of ketones is 1. The van der Waals surface area contributed by atoms with Crippen molar-refractivity contribution in [3.8, 4) is 0 Å². The molecule has 0 bridgehead atoms. The van der Waals surface area contributed by atoms with E-state index in [0.29, 0.717) is 5.76 Å². The number of carbonyl (C=O) groups is 2. The van der Waals surface area contributed by atoms with Crippen LogP contribution in [0.1, 0.15) is 26.5 Å². The summed E-state index contributed by atoms with van der Waals surface area (Å²) in [5.74, 6) is 0.381. The van der Waals surface area contributed by atoms with Crippen LogP contribution in [0.2, 0.25) is 0 Å². The van der Waals surface area contributed by atoms with Crippen molar-refractivity contribution in [2.75, 3.05) is 6.61 Å². The summed E-state index contributed by atoms with van der Waals surface area (Å²) >= 11 is 0. The number of hydrogen-bond donors (Lipinski definition) is 1. The second kappa shape index (κ2) is 6.96. The van der Waals surface area contributed by atoms with Gasteiger partial charge in [0.05, 0.1) is 12.3 Å². The number of carbonyl (C=O) groups excluding carboxylic acids is 2. The quantitative estimate of drug-likeness (QED) is 0.800. The number of ether oxygens (including phenoxy) is 1. The number of nitrogens with one attached hydrogen (secondary N) is 1. The normalized spacial score (nSPS) is 12.4. The third-order valence-corrected chi connectivity index (χ3v) is 2.48. The largest absolute Gasteiger partial charge is 0.467 e. The Balaban J connectivity index is 2.30. The van der Waals surface area contributed by atoms with Crippen LogP contribution in [0.5, 0.6) is 0 Å². The van der Waals surface area contributed by atoms with Gasteiger partial charge in [-0.1, -0.05) is 13.8 Å². The van der Waals surface area contributed by atoms with Crippen molar-refractivity contribution in [1.82, 2.24) is 5.32 Å². The molecule has 1 amide bonds. The van der Waals surface area contributed by atoms with E-state index in [1.807, 2.05) is 13.8 Å². The van der Waals surface area contributed by atoms with E-state index < -0.39 is 6.04 Å². The van der Waals surface area contributed by atoms with E-state index in [0.717, 1.165) is 0 Å². The smallest absolute Gasteiger partial charge is 0.246 e. The van der Waals surface area contributed by atoms with Gasteiger partial charge in [-0.25, -0.2) is 0 Å². The fourth-order valence-corrected chi connectivity index (χ4v) is 1.59. The van der Waals surface area contributed by atoms with E-state index >= 15 is 0 Å². The number of Topliss-reactive ketones (excluding diaryl/α,β-unsaturated/α-hetero) is 1. The molecule has 0 aliphatic rings. The lowest BCUT2D eigenvalue weighted by Gasteiger charge is -2.19. The van der Waals surface area contributed by atoms with Crippen LogP contribution in [0.4, 0.5) is 0 Å². The number of rotatable bonds is 7. The molecule has 0 aliphatic carbocycles. The van der Waals surface area contributed by atoms with Crippen molar-refractivity contribution < 1.29 is 18.7 Å². The molecule has 0 spiro atoms. The minimum Gasteiger partial charge on any atom is -0.467 e. The fourth-order valence-electron chi connectivity index (χ4n) is 1.59. The molecule has 18 heavy (non-hydrogen) atoms. The second-order valence-corrected chi connectivity index (χ2v) is 4.47. The lowest BCUT2D eigenvalue weighted by atomic mass is 10.0. The molecule has 1 heterocycles. The molecule has 5 heteroatoms. The number of amides is 1. The van der Waals surface area contributed by atoms with E-state index in [4.69, 9.17) is 9.15 Å². The van der Waals surface area contributed by atoms with Crippen LogP contribution in [-0.2, 0) is 20.9 Å². The van der Waals surface area contributed by atoms with Crippen LogP contribution in [-0.4, -0.2) is 24.3 Å². The van der Waals surface area contributed by atoms with E-state index in [2.05, 4.69) is 5.32 Å². The molecule has 1 unspecified atom stereocenters. The second-order valence-electron chi connectivity index (χ2n) is 4.47. The number of hydrogen-bond acceptors (Lipinski definition) is 4. The molecule has 0 aliphatic heterocycles. The molecule has 1 atom stereocenters. The minimum absolute atomic E-state index is 0.0515. The van der Waals surface area contributed by atoms with Crippen molar-refractivity contribution in [3.63, 3.8) is 0 Å². The zero-order valence-electron chi connectivity index (χ0n) is 10.9. The summed E-state index contributed by atoms with van der Waals surface area (Å²) in [6.45, 7) is 5.39. The van der Waals surface area contributed by atoms with Gasteiger partial charge in [0, 0.05) is 0 Å². The third-order valence-electron chi connectivity index (χ3n) is 2.48. The zero-order valence-corrected chi connectivity index (χ0v) is 10.9. The van der Waals surface area contributed by atoms with Crippen LogP contribution in [0, 0.1) is 5.92 Å². The first-order valence-corrected chi connectivity index (χ1v) is 5.90. The lowest BCUT2D eigenvalue weighted by molar-refractivity contribution is -0.131. The Morgan fingerprint density at radius 3 is 2.67 bits per heavy atom.